The van der Waals surface area contributed by atoms with Crippen LogP contribution in [-0.4, -0.2) is 55.0 Å². The van der Waals surface area contributed by atoms with Crippen LogP contribution in [-0.2, 0) is 19.1 Å². The molecule has 0 saturated heterocycles. The van der Waals surface area contributed by atoms with E-state index in [0.717, 1.165) is 11.1 Å². The van der Waals surface area contributed by atoms with Gasteiger partial charge in [0.25, 0.3) is 0 Å². The van der Waals surface area contributed by atoms with Gasteiger partial charge in [-0.25, -0.2) is 9.59 Å². The average Bonchev–Trinajstić information content (AvgIpc) is 3.08. The molecule has 8 heteroatoms. The molecule has 0 fully saturated rings. The molecular weight excluding hydrogens is 412 g/mol. The van der Waals surface area contributed by atoms with Gasteiger partial charge < -0.3 is 25.2 Å². The monoisotopic (exact) mass is 440 g/mol. The van der Waals surface area contributed by atoms with Crippen molar-refractivity contribution in [2.45, 2.75) is 31.7 Å². The van der Waals surface area contributed by atoms with Crippen molar-refractivity contribution in [1.82, 2.24) is 10.6 Å². The van der Waals surface area contributed by atoms with Crippen LogP contribution in [0, 0.1) is 0 Å². The maximum Gasteiger partial charge on any atom is 0.407 e. The topological polar surface area (TPSA) is 114 Å². The van der Waals surface area contributed by atoms with Crippen LogP contribution in [0.4, 0.5) is 4.79 Å². The molecule has 32 heavy (non-hydrogen) atoms. The molecule has 0 aromatic heterocycles. The number of carbonyl (C=O) groups is 3. The molecule has 3 N–H and O–H groups in total. The normalized spacial score (nSPS) is 12.6. The average molecular weight is 440 g/mol. The van der Waals surface area contributed by atoms with Gasteiger partial charge in [0.15, 0.2) is 0 Å². The number of benzene rings is 2. The van der Waals surface area contributed by atoms with Gasteiger partial charge in [0.2, 0.25) is 5.91 Å². The van der Waals surface area contributed by atoms with E-state index in [2.05, 4.69) is 34.9 Å². The Morgan fingerprint density at radius 2 is 1.56 bits per heavy atom. The third-order valence-electron chi connectivity index (χ3n) is 5.32. The highest BCUT2D eigenvalue weighted by Gasteiger charge is 2.29. The van der Waals surface area contributed by atoms with Crippen molar-refractivity contribution in [3.05, 3.63) is 59.7 Å². The van der Waals surface area contributed by atoms with Crippen molar-refractivity contribution >= 4 is 18.0 Å². The summed E-state index contributed by atoms with van der Waals surface area (Å²) < 4.78 is 10.8. The standard InChI is InChI=1S/C24H28N2O6/c1-24(2,22(28)29)26-21(27)11-13-31-14-12-25-23(30)32-15-20-18-9-5-3-7-16(18)17-8-4-6-10-19(17)20/h3-10,20H,11-15H2,1-2H3,(H,25,30)(H,26,27)(H,28,29). The maximum atomic E-state index is 12.1. The SMILES string of the molecule is CC(C)(NC(=O)CCOCCNC(=O)OCC1c2ccccc2-c2ccccc21)C(=O)O. The van der Waals surface area contributed by atoms with E-state index in [1.165, 1.54) is 25.0 Å². The van der Waals surface area contributed by atoms with Crippen molar-refractivity contribution < 1.29 is 29.0 Å². The van der Waals surface area contributed by atoms with Gasteiger partial charge in [0.1, 0.15) is 12.1 Å². The molecule has 1 aliphatic carbocycles. The molecule has 2 aromatic rings. The van der Waals surface area contributed by atoms with Crippen LogP contribution in [0.25, 0.3) is 11.1 Å². The molecule has 0 spiro atoms. The fraction of sp³-hybridized carbons (Fsp3) is 0.375. The lowest BCUT2D eigenvalue weighted by Gasteiger charge is -2.20. The first kappa shape index (κ1) is 23.3. The lowest BCUT2D eigenvalue weighted by molar-refractivity contribution is -0.146. The van der Waals surface area contributed by atoms with Gasteiger partial charge in [-0.05, 0) is 36.1 Å². The summed E-state index contributed by atoms with van der Waals surface area (Å²) in [4.78, 5) is 34.8. The Kier molecular flexibility index (Phi) is 7.48. The van der Waals surface area contributed by atoms with E-state index in [9.17, 15) is 14.4 Å². The van der Waals surface area contributed by atoms with Crippen molar-refractivity contribution in [3.8, 4) is 11.1 Å². The maximum absolute atomic E-state index is 12.1. The molecule has 0 radical (unpaired) electrons. The third kappa shape index (κ3) is 5.64. The number of alkyl carbamates (subject to hydrolysis) is 1. The zero-order chi connectivity index (χ0) is 23.1. The minimum absolute atomic E-state index is 0.00188. The Hall–Kier alpha value is -3.39. The number of carboxylic acids is 1. The molecular formula is C24H28N2O6. The highest BCUT2D eigenvalue weighted by atomic mass is 16.5. The number of rotatable bonds is 10. The first-order valence-corrected chi connectivity index (χ1v) is 10.5. The second-order valence-corrected chi connectivity index (χ2v) is 8.09. The Morgan fingerprint density at radius 1 is 0.969 bits per heavy atom. The molecule has 3 rings (SSSR count). The molecule has 0 bridgehead atoms. The zero-order valence-electron chi connectivity index (χ0n) is 18.2. The van der Waals surface area contributed by atoms with Gasteiger partial charge in [0, 0.05) is 18.9 Å². The molecule has 1 aliphatic rings. The predicted molar refractivity (Wildman–Crippen MR) is 118 cm³/mol. The highest BCUT2D eigenvalue weighted by Crippen LogP contribution is 2.44. The first-order valence-electron chi connectivity index (χ1n) is 10.5. The molecule has 0 unspecified atom stereocenters. The number of fused-ring (bicyclic) bond motifs is 3. The minimum Gasteiger partial charge on any atom is -0.480 e. The number of amides is 2. The molecule has 0 heterocycles. The Labute approximate surface area is 186 Å². The Bertz CT molecular complexity index is 942. The number of carboxylic acid groups (broad SMARTS) is 1. The fourth-order valence-electron chi connectivity index (χ4n) is 3.61. The second kappa shape index (κ2) is 10.3. The summed E-state index contributed by atoms with van der Waals surface area (Å²) in [7, 11) is 0. The van der Waals surface area contributed by atoms with Gasteiger partial charge in [0.05, 0.1) is 13.2 Å². The predicted octanol–water partition coefficient (Wildman–Crippen LogP) is 2.91. The number of hydrogen-bond donors (Lipinski definition) is 3. The number of ether oxygens (including phenoxy) is 2. The van der Waals surface area contributed by atoms with Crippen molar-refractivity contribution in [1.29, 1.82) is 0 Å². The Balaban J connectivity index is 1.35. The largest absolute Gasteiger partial charge is 0.480 e. The summed E-state index contributed by atoms with van der Waals surface area (Å²) in [6.07, 6.45) is -0.502. The number of aliphatic carboxylic acids is 1. The third-order valence-corrected chi connectivity index (χ3v) is 5.32. The fourth-order valence-corrected chi connectivity index (χ4v) is 3.61. The molecule has 2 aromatic carbocycles. The lowest BCUT2D eigenvalue weighted by atomic mass is 9.98. The van der Waals surface area contributed by atoms with Crippen molar-refractivity contribution in [2.24, 2.45) is 0 Å². The van der Waals surface area contributed by atoms with Gasteiger partial charge in [-0.1, -0.05) is 48.5 Å². The molecule has 0 saturated carbocycles. The van der Waals surface area contributed by atoms with E-state index in [4.69, 9.17) is 14.6 Å². The van der Waals surface area contributed by atoms with Crippen LogP contribution in [0.2, 0.25) is 0 Å². The van der Waals surface area contributed by atoms with E-state index in [1.807, 2.05) is 24.3 Å². The minimum atomic E-state index is -1.33. The van der Waals surface area contributed by atoms with Gasteiger partial charge in [-0.15, -0.1) is 0 Å². The van der Waals surface area contributed by atoms with Crippen LogP contribution in [0.1, 0.15) is 37.3 Å². The smallest absolute Gasteiger partial charge is 0.407 e. The van der Waals surface area contributed by atoms with E-state index >= 15 is 0 Å². The van der Waals surface area contributed by atoms with Crippen LogP contribution in [0.5, 0.6) is 0 Å². The summed E-state index contributed by atoms with van der Waals surface area (Å²) in [6.45, 7) is 3.62. The van der Waals surface area contributed by atoms with E-state index in [0.29, 0.717) is 0 Å². The number of nitrogens with one attached hydrogen (secondary N) is 2. The van der Waals surface area contributed by atoms with E-state index in [-0.39, 0.29) is 38.7 Å². The zero-order valence-corrected chi connectivity index (χ0v) is 18.2. The number of hydrogen-bond acceptors (Lipinski definition) is 5. The van der Waals surface area contributed by atoms with Gasteiger partial charge in [-0.2, -0.15) is 0 Å². The van der Waals surface area contributed by atoms with Crippen molar-refractivity contribution in [3.63, 3.8) is 0 Å². The van der Waals surface area contributed by atoms with Crippen LogP contribution in [0.15, 0.2) is 48.5 Å². The summed E-state index contributed by atoms with van der Waals surface area (Å²) >= 11 is 0. The van der Waals surface area contributed by atoms with Gasteiger partial charge >= 0.3 is 12.1 Å². The second-order valence-electron chi connectivity index (χ2n) is 8.09. The van der Waals surface area contributed by atoms with Crippen molar-refractivity contribution in [2.75, 3.05) is 26.4 Å². The van der Waals surface area contributed by atoms with Crippen LogP contribution in [0.3, 0.4) is 0 Å². The molecule has 0 aliphatic heterocycles. The summed E-state index contributed by atoms with van der Waals surface area (Å²) in [5, 5.41) is 14.0. The molecule has 0 atom stereocenters. The van der Waals surface area contributed by atoms with E-state index in [1.54, 1.807) is 0 Å². The summed E-state index contributed by atoms with van der Waals surface area (Å²) in [5.74, 6) is -1.53. The molecule has 170 valence electrons. The number of carbonyl (C=O) groups excluding carboxylic acids is 2. The van der Waals surface area contributed by atoms with Gasteiger partial charge in [-0.3, -0.25) is 4.79 Å². The summed E-state index contributed by atoms with van der Waals surface area (Å²) in [6, 6.07) is 16.2. The van der Waals surface area contributed by atoms with Crippen LogP contribution < -0.4 is 10.6 Å². The van der Waals surface area contributed by atoms with Crippen LogP contribution >= 0.6 is 0 Å². The molecule has 8 nitrogen and oxygen atoms in total. The first-order chi connectivity index (χ1) is 15.3. The Morgan fingerprint density at radius 3 is 2.16 bits per heavy atom. The highest BCUT2D eigenvalue weighted by molar-refractivity contribution is 5.86. The quantitative estimate of drug-likeness (QED) is 0.490. The van der Waals surface area contributed by atoms with E-state index < -0.39 is 23.5 Å². The summed E-state index contributed by atoms with van der Waals surface area (Å²) in [5.41, 5.74) is 3.30. The lowest BCUT2D eigenvalue weighted by Crippen LogP contribution is -2.49. The molecule has 2 amide bonds.